The van der Waals surface area contributed by atoms with Crippen LogP contribution in [0.1, 0.15) is 24.2 Å². The Hall–Kier alpha value is -3.19. The van der Waals surface area contributed by atoms with Crippen LogP contribution in [0.5, 0.6) is 5.75 Å². The first kappa shape index (κ1) is 21.1. The van der Waals surface area contributed by atoms with Crippen molar-refractivity contribution in [2.75, 3.05) is 37.4 Å². The Kier molecular flexibility index (Phi) is 7.71. The quantitative estimate of drug-likeness (QED) is 0.650. The first-order valence-corrected chi connectivity index (χ1v) is 8.99. The van der Waals surface area contributed by atoms with Gasteiger partial charge in [0.15, 0.2) is 5.78 Å². The van der Waals surface area contributed by atoms with Crippen molar-refractivity contribution in [3.05, 3.63) is 54.1 Å². The average molecular weight is 383 g/mol. The number of benzene rings is 2. The summed E-state index contributed by atoms with van der Waals surface area (Å²) in [5, 5.41) is 5.55. The van der Waals surface area contributed by atoms with E-state index in [-0.39, 0.29) is 30.7 Å². The van der Waals surface area contributed by atoms with Crippen LogP contribution < -0.4 is 15.4 Å². The molecule has 0 aliphatic rings. The maximum atomic E-state index is 12.3. The Labute approximate surface area is 164 Å². The molecule has 2 amide bonds. The summed E-state index contributed by atoms with van der Waals surface area (Å²) in [5.74, 6) is 0.00617. The molecule has 0 heterocycles. The molecule has 7 nitrogen and oxygen atoms in total. The van der Waals surface area contributed by atoms with Crippen LogP contribution in [0.25, 0.3) is 0 Å². The molecule has 148 valence electrons. The van der Waals surface area contributed by atoms with E-state index in [1.54, 1.807) is 47.4 Å². The standard InChI is InChI=1S/C21H25N3O4/c1-4-24(14-21(27)23-18-10-5-6-11-19(18)28-3)13-20(26)22-17-9-7-8-16(12-17)15(2)25/h5-12H,4,13-14H2,1-3H3,(H,22,26)(H,23,27). The maximum Gasteiger partial charge on any atom is 0.238 e. The van der Waals surface area contributed by atoms with Gasteiger partial charge in [0.2, 0.25) is 11.8 Å². The fourth-order valence-electron chi connectivity index (χ4n) is 2.64. The number of nitrogens with zero attached hydrogens (tertiary/aromatic N) is 1. The summed E-state index contributed by atoms with van der Waals surface area (Å²) in [7, 11) is 1.54. The van der Waals surface area contributed by atoms with Gasteiger partial charge < -0.3 is 15.4 Å². The third-order valence-corrected chi connectivity index (χ3v) is 4.12. The number of hydrogen-bond donors (Lipinski definition) is 2. The molecular formula is C21H25N3O4. The van der Waals surface area contributed by atoms with E-state index < -0.39 is 0 Å². The van der Waals surface area contributed by atoms with E-state index in [1.165, 1.54) is 14.0 Å². The van der Waals surface area contributed by atoms with Crippen LogP contribution in [0, 0.1) is 0 Å². The van der Waals surface area contributed by atoms with Crippen LogP contribution in [-0.4, -0.2) is 49.2 Å². The van der Waals surface area contributed by atoms with Crippen molar-refractivity contribution >= 4 is 29.0 Å². The summed E-state index contributed by atoms with van der Waals surface area (Å²) in [5.41, 5.74) is 1.66. The number of para-hydroxylation sites is 2. The van der Waals surface area contributed by atoms with E-state index in [9.17, 15) is 14.4 Å². The molecule has 0 aliphatic carbocycles. The smallest absolute Gasteiger partial charge is 0.238 e. The molecule has 28 heavy (non-hydrogen) atoms. The lowest BCUT2D eigenvalue weighted by atomic mass is 10.1. The minimum absolute atomic E-state index is 0.0557. The van der Waals surface area contributed by atoms with Crippen molar-refractivity contribution in [3.8, 4) is 5.75 Å². The van der Waals surface area contributed by atoms with E-state index >= 15 is 0 Å². The minimum Gasteiger partial charge on any atom is -0.495 e. The van der Waals surface area contributed by atoms with Gasteiger partial charge in [-0.05, 0) is 37.7 Å². The summed E-state index contributed by atoms with van der Waals surface area (Å²) < 4.78 is 5.22. The fourth-order valence-corrected chi connectivity index (χ4v) is 2.64. The van der Waals surface area contributed by atoms with Gasteiger partial charge in [-0.15, -0.1) is 0 Å². The van der Waals surface area contributed by atoms with Crippen LogP contribution in [0.4, 0.5) is 11.4 Å². The van der Waals surface area contributed by atoms with E-state index in [2.05, 4.69) is 10.6 Å². The first-order chi connectivity index (χ1) is 13.4. The second-order valence-corrected chi connectivity index (χ2v) is 6.24. The number of nitrogens with one attached hydrogen (secondary N) is 2. The van der Waals surface area contributed by atoms with Gasteiger partial charge in [0, 0.05) is 11.3 Å². The summed E-state index contributed by atoms with van der Waals surface area (Å²) in [6.45, 7) is 4.00. The van der Waals surface area contributed by atoms with Crippen molar-refractivity contribution in [1.82, 2.24) is 4.90 Å². The molecule has 0 saturated heterocycles. The van der Waals surface area contributed by atoms with Gasteiger partial charge in [-0.25, -0.2) is 0 Å². The Morgan fingerprint density at radius 1 is 0.964 bits per heavy atom. The van der Waals surface area contributed by atoms with E-state index in [4.69, 9.17) is 4.74 Å². The van der Waals surface area contributed by atoms with Crippen LogP contribution in [0.3, 0.4) is 0 Å². The third kappa shape index (κ3) is 6.21. The zero-order valence-electron chi connectivity index (χ0n) is 16.3. The van der Waals surface area contributed by atoms with Crippen molar-refractivity contribution in [2.24, 2.45) is 0 Å². The van der Waals surface area contributed by atoms with Gasteiger partial charge in [-0.1, -0.05) is 31.2 Å². The Morgan fingerprint density at radius 2 is 1.64 bits per heavy atom. The zero-order valence-corrected chi connectivity index (χ0v) is 16.3. The van der Waals surface area contributed by atoms with Crippen LogP contribution in [0.15, 0.2) is 48.5 Å². The van der Waals surface area contributed by atoms with Crippen molar-refractivity contribution in [1.29, 1.82) is 0 Å². The maximum absolute atomic E-state index is 12.3. The number of amides is 2. The summed E-state index contributed by atoms with van der Waals surface area (Å²) >= 11 is 0. The van der Waals surface area contributed by atoms with Gasteiger partial charge in [-0.2, -0.15) is 0 Å². The van der Waals surface area contributed by atoms with Crippen LogP contribution in [-0.2, 0) is 9.59 Å². The number of carbonyl (C=O) groups excluding carboxylic acids is 3. The fraction of sp³-hybridized carbons (Fsp3) is 0.286. The number of rotatable bonds is 9. The number of hydrogen-bond acceptors (Lipinski definition) is 5. The molecule has 0 radical (unpaired) electrons. The number of anilines is 2. The molecule has 0 saturated carbocycles. The Bertz CT molecular complexity index is 851. The highest BCUT2D eigenvalue weighted by Gasteiger charge is 2.15. The lowest BCUT2D eigenvalue weighted by molar-refractivity contribution is -0.119. The summed E-state index contributed by atoms with van der Waals surface area (Å²) in [6, 6.07) is 13.9. The largest absolute Gasteiger partial charge is 0.495 e. The predicted molar refractivity (Wildman–Crippen MR) is 109 cm³/mol. The number of Topliss-reactive ketones (excluding diaryl/α,β-unsaturated/α-hetero) is 1. The molecule has 0 aliphatic heterocycles. The van der Waals surface area contributed by atoms with Gasteiger partial charge in [0.1, 0.15) is 5.75 Å². The second-order valence-electron chi connectivity index (χ2n) is 6.24. The predicted octanol–water partition coefficient (Wildman–Crippen LogP) is 2.80. The molecule has 2 aromatic carbocycles. The van der Waals surface area contributed by atoms with E-state index in [0.29, 0.717) is 29.2 Å². The topological polar surface area (TPSA) is 87.7 Å². The average Bonchev–Trinajstić information content (AvgIpc) is 2.67. The number of ketones is 1. The van der Waals surface area contributed by atoms with Gasteiger partial charge in [0.25, 0.3) is 0 Å². The molecule has 0 unspecified atom stereocenters. The first-order valence-electron chi connectivity index (χ1n) is 8.99. The minimum atomic E-state index is -0.257. The second kappa shape index (κ2) is 10.2. The highest BCUT2D eigenvalue weighted by molar-refractivity contribution is 5.98. The molecule has 0 aromatic heterocycles. The lowest BCUT2D eigenvalue weighted by Gasteiger charge is -2.20. The highest BCUT2D eigenvalue weighted by Crippen LogP contribution is 2.22. The van der Waals surface area contributed by atoms with Gasteiger partial charge in [0.05, 0.1) is 25.9 Å². The Morgan fingerprint density at radius 3 is 2.29 bits per heavy atom. The van der Waals surface area contributed by atoms with E-state index in [0.717, 1.165) is 0 Å². The molecule has 0 spiro atoms. The number of carbonyl (C=O) groups is 3. The van der Waals surface area contributed by atoms with Crippen molar-refractivity contribution < 1.29 is 19.1 Å². The third-order valence-electron chi connectivity index (χ3n) is 4.12. The van der Waals surface area contributed by atoms with E-state index in [1.807, 2.05) is 13.0 Å². The van der Waals surface area contributed by atoms with Crippen molar-refractivity contribution in [3.63, 3.8) is 0 Å². The van der Waals surface area contributed by atoms with Gasteiger partial charge in [-0.3, -0.25) is 19.3 Å². The normalized spacial score (nSPS) is 10.4. The summed E-state index contributed by atoms with van der Waals surface area (Å²) in [4.78, 5) is 37.8. The van der Waals surface area contributed by atoms with Crippen LogP contribution in [0.2, 0.25) is 0 Å². The molecule has 7 heteroatoms. The highest BCUT2D eigenvalue weighted by atomic mass is 16.5. The zero-order chi connectivity index (χ0) is 20.5. The molecule has 0 fully saturated rings. The number of methoxy groups -OCH3 is 1. The van der Waals surface area contributed by atoms with Gasteiger partial charge >= 0.3 is 0 Å². The monoisotopic (exact) mass is 383 g/mol. The molecule has 2 N–H and O–H groups in total. The molecule has 0 bridgehead atoms. The SMILES string of the molecule is CCN(CC(=O)Nc1cccc(C(C)=O)c1)CC(=O)Nc1ccccc1OC. The summed E-state index contributed by atoms with van der Waals surface area (Å²) in [6.07, 6.45) is 0. The lowest BCUT2D eigenvalue weighted by Crippen LogP contribution is -2.38. The molecule has 2 aromatic rings. The number of ether oxygens (including phenoxy) is 1. The molecule has 2 rings (SSSR count). The number of likely N-dealkylation sites (N-methyl/N-ethyl adjacent to an activating group) is 1. The van der Waals surface area contributed by atoms with Crippen molar-refractivity contribution in [2.45, 2.75) is 13.8 Å². The van der Waals surface area contributed by atoms with Crippen LogP contribution >= 0.6 is 0 Å². The Balaban J connectivity index is 1.92. The molecular weight excluding hydrogens is 358 g/mol. The molecule has 0 atom stereocenters.